The van der Waals surface area contributed by atoms with Gasteiger partial charge < -0.3 is 4.74 Å². The van der Waals surface area contributed by atoms with E-state index in [4.69, 9.17) is 0 Å². The molecule has 0 saturated heterocycles. The Morgan fingerprint density at radius 2 is 2.44 bits per heavy atom. The van der Waals surface area contributed by atoms with E-state index in [-0.39, 0.29) is 5.97 Å². The Bertz CT molecular complexity index is 338. The summed E-state index contributed by atoms with van der Waals surface area (Å²) in [5.41, 5.74) is 0.994. The number of aryl methyl sites for hydroxylation is 1. The highest BCUT2D eigenvalue weighted by molar-refractivity contribution is 7.99. The molecule has 16 heavy (non-hydrogen) atoms. The molecular weight excluding hydrogens is 242 g/mol. The molecule has 0 fully saturated rings. The molecule has 90 valence electrons. The Hall–Kier alpha value is -0.550. The summed E-state index contributed by atoms with van der Waals surface area (Å²) in [5, 5.41) is 3.62. The first kappa shape index (κ1) is 13.5. The van der Waals surface area contributed by atoms with E-state index < -0.39 is 0 Å². The number of hydrogen-bond acceptors (Lipinski definition) is 5. The van der Waals surface area contributed by atoms with E-state index in [1.165, 1.54) is 7.11 Å². The number of thioether (sulfide) groups is 1. The summed E-state index contributed by atoms with van der Waals surface area (Å²) in [6.45, 7) is 4.31. The smallest absolute Gasteiger partial charge is 0.305 e. The van der Waals surface area contributed by atoms with Gasteiger partial charge in [-0.15, -0.1) is 11.3 Å². The van der Waals surface area contributed by atoms with Gasteiger partial charge in [-0.3, -0.25) is 4.79 Å². The maximum Gasteiger partial charge on any atom is 0.305 e. The van der Waals surface area contributed by atoms with Crippen molar-refractivity contribution < 1.29 is 9.53 Å². The van der Waals surface area contributed by atoms with Crippen LogP contribution < -0.4 is 0 Å². The van der Waals surface area contributed by atoms with Crippen LogP contribution >= 0.6 is 23.1 Å². The molecular formula is C11H17NO2S2. The zero-order valence-corrected chi connectivity index (χ0v) is 11.5. The van der Waals surface area contributed by atoms with Crippen LogP contribution in [0.5, 0.6) is 0 Å². The molecule has 1 atom stereocenters. The largest absolute Gasteiger partial charge is 0.469 e. The summed E-state index contributed by atoms with van der Waals surface area (Å²) in [7, 11) is 1.41. The van der Waals surface area contributed by atoms with Crippen molar-refractivity contribution in [3.8, 4) is 0 Å². The van der Waals surface area contributed by atoms with E-state index in [2.05, 4.69) is 23.6 Å². The highest BCUT2D eigenvalue weighted by Gasteiger charge is 2.11. The van der Waals surface area contributed by atoms with Crippen LogP contribution in [0.2, 0.25) is 0 Å². The average Bonchev–Trinajstić information content (AvgIpc) is 2.75. The Morgan fingerprint density at radius 3 is 3.06 bits per heavy atom. The van der Waals surface area contributed by atoms with E-state index in [9.17, 15) is 4.79 Å². The van der Waals surface area contributed by atoms with E-state index in [1.807, 2.05) is 17.1 Å². The third kappa shape index (κ3) is 4.14. The van der Waals surface area contributed by atoms with E-state index in [0.29, 0.717) is 18.1 Å². The van der Waals surface area contributed by atoms with Crippen LogP contribution in [0.15, 0.2) is 5.38 Å². The van der Waals surface area contributed by atoms with Gasteiger partial charge in [0.05, 0.1) is 24.5 Å². The van der Waals surface area contributed by atoms with Crippen molar-refractivity contribution in [2.75, 3.05) is 12.9 Å². The number of thiazole rings is 1. The lowest BCUT2D eigenvalue weighted by Crippen LogP contribution is -2.02. The second-order valence-electron chi connectivity index (χ2n) is 3.35. The van der Waals surface area contributed by atoms with Crippen LogP contribution in [0.3, 0.4) is 0 Å². The second kappa shape index (κ2) is 6.91. The number of nitrogens with zero attached hydrogens (tertiary/aromatic N) is 1. The first-order valence-electron chi connectivity index (χ1n) is 5.30. The Morgan fingerprint density at radius 1 is 1.69 bits per heavy atom. The van der Waals surface area contributed by atoms with Crippen LogP contribution in [-0.2, 0) is 16.0 Å². The molecule has 0 aliphatic carbocycles. The number of methoxy groups -OCH3 is 1. The number of aromatic nitrogens is 1. The van der Waals surface area contributed by atoms with Gasteiger partial charge in [0.15, 0.2) is 0 Å². The average molecular weight is 259 g/mol. The molecule has 1 aromatic rings. The van der Waals surface area contributed by atoms with E-state index in [1.54, 1.807) is 11.3 Å². The monoisotopic (exact) mass is 259 g/mol. The number of ether oxygens (including phenoxy) is 1. The van der Waals surface area contributed by atoms with Crippen molar-refractivity contribution in [1.29, 1.82) is 0 Å². The number of hydrogen-bond donors (Lipinski definition) is 0. The van der Waals surface area contributed by atoms with Gasteiger partial charge in [0, 0.05) is 11.8 Å². The molecule has 0 unspecified atom stereocenters. The zero-order valence-electron chi connectivity index (χ0n) is 9.86. The lowest BCUT2D eigenvalue weighted by atomic mass is 10.2. The SMILES string of the molecule is CCS[C@H](C)c1nc(CCC(=O)OC)cs1. The molecule has 1 aromatic heterocycles. The van der Waals surface area contributed by atoms with E-state index in [0.717, 1.165) is 16.5 Å². The van der Waals surface area contributed by atoms with Gasteiger partial charge in [-0.1, -0.05) is 6.92 Å². The van der Waals surface area contributed by atoms with Crippen LogP contribution in [0.4, 0.5) is 0 Å². The Labute approximate surface area is 105 Å². The van der Waals surface area contributed by atoms with Crippen LogP contribution in [0.1, 0.15) is 36.2 Å². The number of carbonyl (C=O) groups excluding carboxylic acids is 1. The van der Waals surface area contributed by atoms with Crippen molar-refractivity contribution >= 4 is 29.1 Å². The quantitative estimate of drug-likeness (QED) is 0.736. The normalized spacial score (nSPS) is 12.4. The summed E-state index contributed by atoms with van der Waals surface area (Å²) in [4.78, 5) is 15.5. The molecule has 0 N–H and O–H groups in total. The van der Waals surface area contributed by atoms with Crippen molar-refractivity contribution in [3.63, 3.8) is 0 Å². The summed E-state index contributed by atoms with van der Waals surface area (Å²) < 4.78 is 4.60. The summed E-state index contributed by atoms with van der Waals surface area (Å²) in [5.74, 6) is 0.920. The highest BCUT2D eigenvalue weighted by Crippen LogP contribution is 2.30. The molecule has 0 bridgehead atoms. The highest BCUT2D eigenvalue weighted by atomic mass is 32.2. The minimum absolute atomic E-state index is 0.175. The van der Waals surface area contributed by atoms with Gasteiger partial charge in [-0.25, -0.2) is 4.98 Å². The molecule has 1 heterocycles. The topological polar surface area (TPSA) is 39.2 Å². The van der Waals surface area contributed by atoms with E-state index >= 15 is 0 Å². The standard InChI is InChI=1S/C11H17NO2S2/c1-4-15-8(2)11-12-9(7-16-11)5-6-10(13)14-3/h7-8H,4-6H2,1-3H3/t8-/m1/s1. The molecule has 0 aromatic carbocycles. The van der Waals surface area contributed by atoms with Crippen molar-refractivity contribution in [2.24, 2.45) is 0 Å². The van der Waals surface area contributed by atoms with Crippen molar-refractivity contribution in [1.82, 2.24) is 4.98 Å². The molecule has 0 aliphatic heterocycles. The van der Waals surface area contributed by atoms with Gasteiger partial charge in [0.2, 0.25) is 0 Å². The van der Waals surface area contributed by atoms with Gasteiger partial charge in [0.1, 0.15) is 5.01 Å². The molecule has 1 rings (SSSR count). The van der Waals surface area contributed by atoms with Gasteiger partial charge >= 0.3 is 5.97 Å². The Kier molecular flexibility index (Phi) is 5.84. The molecule has 0 amide bonds. The molecule has 0 aliphatic rings. The fourth-order valence-electron chi connectivity index (χ4n) is 1.28. The predicted molar refractivity (Wildman–Crippen MR) is 69.0 cm³/mol. The first-order chi connectivity index (χ1) is 7.67. The maximum absolute atomic E-state index is 11.0. The maximum atomic E-state index is 11.0. The zero-order chi connectivity index (χ0) is 12.0. The Balaban J connectivity index is 2.48. The van der Waals surface area contributed by atoms with Gasteiger partial charge in [-0.05, 0) is 12.7 Å². The minimum atomic E-state index is -0.175. The molecule has 3 nitrogen and oxygen atoms in total. The molecule has 0 saturated carbocycles. The van der Waals surface area contributed by atoms with Crippen molar-refractivity contribution in [2.45, 2.75) is 31.9 Å². The number of rotatable bonds is 6. The number of carbonyl (C=O) groups is 1. The first-order valence-corrected chi connectivity index (χ1v) is 7.23. The predicted octanol–water partition coefficient (Wildman–Crippen LogP) is 3.06. The summed E-state index contributed by atoms with van der Waals surface area (Å²) in [6, 6.07) is 0. The van der Waals surface area contributed by atoms with Gasteiger partial charge in [-0.2, -0.15) is 11.8 Å². The minimum Gasteiger partial charge on any atom is -0.469 e. The molecule has 5 heteroatoms. The fraction of sp³-hybridized carbons (Fsp3) is 0.636. The van der Waals surface area contributed by atoms with Crippen LogP contribution in [0, 0.1) is 0 Å². The fourth-order valence-corrected chi connectivity index (χ4v) is 3.13. The van der Waals surface area contributed by atoms with Crippen molar-refractivity contribution in [3.05, 3.63) is 16.1 Å². The molecule has 0 spiro atoms. The number of esters is 1. The van der Waals surface area contributed by atoms with Crippen LogP contribution in [0.25, 0.3) is 0 Å². The second-order valence-corrected chi connectivity index (χ2v) is 5.86. The van der Waals surface area contributed by atoms with Gasteiger partial charge in [0.25, 0.3) is 0 Å². The third-order valence-corrected chi connectivity index (χ3v) is 4.43. The molecule has 0 radical (unpaired) electrons. The third-order valence-electron chi connectivity index (χ3n) is 2.15. The summed E-state index contributed by atoms with van der Waals surface area (Å²) in [6.07, 6.45) is 1.08. The summed E-state index contributed by atoms with van der Waals surface area (Å²) >= 11 is 3.56. The van der Waals surface area contributed by atoms with Crippen LogP contribution in [-0.4, -0.2) is 23.8 Å². The lowest BCUT2D eigenvalue weighted by molar-refractivity contribution is -0.140. The lowest BCUT2D eigenvalue weighted by Gasteiger charge is -2.04.